The maximum Gasteiger partial charge on any atom is 0.191 e. The Bertz CT molecular complexity index is 723. The van der Waals surface area contributed by atoms with Crippen molar-refractivity contribution < 1.29 is 4.52 Å². The Morgan fingerprint density at radius 2 is 1.96 bits per heavy atom. The molecule has 0 atom stereocenters. The molecule has 6 nitrogen and oxygen atoms in total. The molecule has 0 radical (unpaired) electrons. The topological polar surface area (TPSA) is 65.7 Å². The lowest BCUT2D eigenvalue weighted by Crippen LogP contribution is -2.36. The SMILES string of the molecule is CCNC(=NCc1cccc(CN(C)CC)c1)NCc1cc(C(C)C)no1. The van der Waals surface area contributed by atoms with Gasteiger partial charge in [0.2, 0.25) is 0 Å². The smallest absolute Gasteiger partial charge is 0.191 e. The Hall–Kier alpha value is -2.34. The monoisotopic (exact) mass is 371 g/mol. The summed E-state index contributed by atoms with van der Waals surface area (Å²) >= 11 is 0. The summed E-state index contributed by atoms with van der Waals surface area (Å²) in [5.74, 6) is 1.95. The number of benzene rings is 1. The molecule has 148 valence electrons. The van der Waals surface area contributed by atoms with Gasteiger partial charge >= 0.3 is 0 Å². The summed E-state index contributed by atoms with van der Waals surface area (Å²) in [6.45, 7) is 12.4. The van der Waals surface area contributed by atoms with E-state index in [2.05, 4.69) is 79.7 Å². The van der Waals surface area contributed by atoms with Crippen LogP contribution in [0.5, 0.6) is 0 Å². The molecule has 2 aromatic rings. The third kappa shape index (κ3) is 7.06. The number of aliphatic imine (C=N–C) groups is 1. The van der Waals surface area contributed by atoms with Crippen LogP contribution in [-0.2, 0) is 19.6 Å². The number of guanidine groups is 1. The van der Waals surface area contributed by atoms with Crippen LogP contribution in [-0.4, -0.2) is 36.2 Å². The van der Waals surface area contributed by atoms with Crippen molar-refractivity contribution in [1.29, 1.82) is 0 Å². The minimum atomic E-state index is 0.364. The molecule has 0 saturated heterocycles. The summed E-state index contributed by atoms with van der Waals surface area (Å²) in [6.07, 6.45) is 0. The van der Waals surface area contributed by atoms with Crippen molar-refractivity contribution in [2.75, 3.05) is 20.1 Å². The van der Waals surface area contributed by atoms with Crippen LogP contribution < -0.4 is 10.6 Å². The lowest BCUT2D eigenvalue weighted by Gasteiger charge is -2.14. The molecule has 0 fully saturated rings. The van der Waals surface area contributed by atoms with Gasteiger partial charge < -0.3 is 20.1 Å². The van der Waals surface area contributed by atoms with Crippen molar-refractivity contribution in [3.63, 3.8) is 0 Å². The lowest BCUT2D eigenvalue weighted by atomic mass is 10.1. The molecule has 0 spiro atoms. The van der Waals surface area contributed by atoms with E-state index in [1.807, 2.05) is 6.07 Å². The number of nitrogens with one attached hydrogen (secondary N) is 2. The predicted octanol–water partition coefficient (Wildman–Crippen LogP) is 3.51. The highest BCUT2D eigenvalue weighted by Gasteiger charge is 2.08. The summed E-state index contributed by atoms with van der Waals surface area (Å²) < 4.78 is 5.38. The minimum absolute atomic E-state index is 0.364. The van der Waals surface area contributed by atoms with Gasteiger partial charge in [-0.3, -0.25) is 0 Å². The molecule has 0 unspecified atom stereocenters. The Morgan fingerprint density at radius 3 is 2.63 bits per heavy atom. The standard InChI is InChI=1S/C21H33N5O/c1-6-22-21(24-14-19-12-20(16(3)4)25-27-19)23-13-17-9-8-10-18(11-17)15-26(5)7-2/h8-12,16H,6-7,13-15H2,1-5H3,(H2,22,23,24). The highest BCUT2D eigenvalue weighted by molar-refractivity contribution is 5.79. The normalized spacial score (nSPS) is 12.0. The second-order valence-electron chi connectivity index (χ2n) is 7.07. The quantitative estimate of drug-likeness (QED) is 0.522. The molecule has 0 aliphatic heterocycles. The van der Waals surface area contributed by atoms with E-state index < -0.39 is 0 Å². The largest absolute Gasteiger partial charge is 0.359 e. The minimum Gasteiger partial charge on any atom is -0.359 e. The molecule has 0 aliphatic rings. The lowest BCUT2D eigenvalue weighted by molar-refractivity contribution is 0.345. The third-order valence-corrected chi connectivity index (χ3v) is 4.35. The van der Waals surface area contributed by atoms with Crippen LogP contribution in [0.4, 0.5) is 0 Å². The number of hydrogen-bond donors (Lipinski definition) is 2. The molecule has 1 heterocycles. The number of aromatic nitrogens is 1. The van der Waals surface area contributed by atoms with E-state index in [1.54, 1.807) is 0 Å². The summed E-state index contributed by atoms with van der Waals surface area (Å²) in [5, 5.41) is 10.7. The van der Waals surface area contributed by atoms with Crippen molar-refractivity contribution in [2.45, 2.75) is 53.2 Å². The molecular weight excluding hydrogens is 338 g/mol. The van der Waals surface area contributed by atoms with Crippen LogP contribution >= 0.6 is 0 Å². The van der Waals surface area contributed by atoms with Crippen molar-refractivity contribution in [1.82, 2.24) is 20.7 Å². The maximum absolute atomic E-state index is 5.38. The average molecular weight is 372 g/mol. The van der Waals surface area contributed by atoms with Gasteiger partial charge in [-0.1, -0.05) is 50.2 Å². The summed E-state index contributed by atoms with van der Waals surface area (Å²) in [7, 11) is 2.13. The van der Waals surface area contributed by atoms with E-state index in [9.17, 15) is 0 Å². The van der Waals surface area contributed by atoms with Crippen LogP contribution in [0, 0.1) is 0 Å². The van der Waals surface area contributed by atoms with Crippen LogP contribution in [0.2, 0.25) is 0 Å². The van der Waals surface area contributed by atoms with E-state index in [0.717, 1.165) is 37.0 Å². The van der Waals surface area contributed by atoms with Crippen LogP contribution in [0.1, 0.15) is 56.2 Å². The van der Waals surface area contributed by atoms with E-state index in [0.29, 0.717) is 19.0 Å². The second kappa shape index (κ2) is 10.7. The number of rotatable bonds is 9. The van der Waals surface area contributed by atoms with E-state index in [-0.39, 0.29) is 0 Å². The average Bonchev–Trinajstić information content (AvgIpc) is 3.13. The van der Waals surface area contributed by atoms with Gasteiger partial charge in [-0.25, -0.2) is 4.99 Å². The molecule has 0 saturated carbocycles. The van der Waals surface area contributed by atoms with Gasteiger partial charge in [-0.2, -0.15) is 0 Å². The summed E-state index contributed by atoms with van der Waals surface area (Å²) in [4.78, 5) is 6.99. The highest BCUT2D eigenvalue weighted by atomic mass is 16.5. The molecular formula is C21H33N5O. The van der Waals surface area contributed by atoms with Crippen molar-refractivity contribution in [2.24, 2.45) is 4.99 Å². The van der Waals surface area contributed by atoms with E-state index in [4.69, 9.17) is 9.52 Å². The Kier molecular flexibility index (Phi) is 8.33. The summed E-state index contributed by atoms with van der Waals surface area (Å²) in [5.41, 5.74) is 3.49. The van der Waals surface area contributed by atoms with Crippen molar-refractivity contribution in [3.8, 4) is 0 Å². The third-order valence-electron chi connectivity index (χ3n) is 4.35. The van der Waals surface area contributed by atoms with E-state index >= 15 is 0 Å². The van der Waals surface area contributed by atoms with Gasteiger partial charge in [0.15, 0.2) is 11.7 Å². The molecule has 0 bridgehead atoms. The summed E-state index contributed by atoms with van der Waals surface area (Å²) in [6, 6.07) is 10.6. The fraction of sp³-hybridized carbons (Fsp3) is 0.524. The predicted molar refractivity (Wildman–Crippen MR) is 111 cm³/mol. The molecule has 27 heavy (non-hydrogen) atoms. The Labute approximate surface area is 163 Å². The first kappa shape index (κ1) is 21.0. The molecule has 0 amide bonds. The number of nitrogens with zero attached hydrogens (tertiary/aromatic N) is 3. The van der Waals surface area contributed by atoms with Gasteiger partial charge in [0.1, 0.15) is 0 Å². The molecule has 1 aromatic heterocycles. The molecule has 0 aliphatic carbocycles. The zero-order chi connectivity index (χ0) is 19.6. The Morgan fingerprint density at radius 1 is 1.19 bits per heavy atom. The van der Waals surface area contributed by atoms with E-state index in [1.165, 1.54) is 11.1 Å². The first-order valence-electron chi connectivity index (χ1n) is 9.75. The fourth-order valence-electron chi connectivity index (χ4n) is 2.62. The number of hydrogen-bond acceptors (Lipinski definition) is 4. The van der Waals surface area contributed by atoms with Gasteiger partial charge in [0, 0.05) is 19.2 Å². The van der Waals surface area contributed by atoms with Crippen molar-refractivity contribution in [3.05, 3.63) is 52.9 Å². The second-order valence-corrected chi connectivity index (χ2v) is 7.07. The van der Waals surface area contributed by atoms with Crippen LogP contribution in [0.15, 0.2) is 39.8 Å². The van der Waals surface area contributed by atoms with Gasteiger partial charge in [0.05, 0.1) is 18.8 Å². The van der Waals surface area contributed by atoms with Crippen LogP contribution in [0.3, 0.4) is 0 Å². The molecule has 2 rings (SSSR count). The first-order valence-corrected chi connectivity index (χ1v) is 9.75. The first-order chi connectivity index (χ1) is 13.0. The fourth-order valence-corrected chi connectivity index (χ4v) is 2.62. The van der Waals surface area contributed by atoms with Crippen molar-refractivity contribution >= 4 is 5.96 Å². The molecule has 6 heteroatoms. The zero-order valence-corrected chi connectivity index (χ0v) is 17.2. The molecule has 2 N–H and O–H groups in total. The maximum atomic E-state index is 5.38. The molecule has 1 aromatic carbocycles. The van der Waals surface area contributed by atoms with Gasteiger partial charge in [0.25, 0.3) is 0 Å². The van der Waals surface area contributed by atoms with Gasteiger partial charge in [-0.05, 0) is 37.6 Å². The van der Waals surface area contributed by atoms with Crippen LogP contribution in [0.25, 0.3) is 0 Å². The Balaban J connectivity index is 1.96. The van der Waals surface area contributed by atoms with Gasteiger partial charge in [-0.15, -0.1) is 0 Å². The zero-order valence-electron chi connectivity index (χ0n) is 17.2. The highest BCUT2D eigenvalue weighted by Crippen LogP contribution is 2.13.